The number of amides is 2. The van der Waals surface area contributed by atoms with Crippen molar-refractivity contribution in [3.05, 3.63) is 40.7 Å². The molecule has 26 heavy (non-hydrogen) atoms. The van der Waals surface area contributed by atoms with Crippen molar-refractivity contribution in [3.8, 4) is 0 Å². The number of anilines is 1. The lowest BCUT2D eigenvalue weighted by molar-refractivity contribution is 0.250. The van der Waals surface area contributed by atoms with Crippen molar-refractivity contribution in [2.75, 3.05) is 11.9 Å². The summed E-state index contributed by atoms with van der Waals surface area (Å²) in [5, 5.41) is 5.82. The van der Waals surface area contributed by atoms with Gasteiger partial charge in [0, 0.05) is 23.9 Å². The van der Waals surface area contributed by atoms with Gasteiger partial charge in [-0.3, -0.25) is 5.32 Å². The van der Waals surface area contributed by atoms with E-state index in [1.54, 1.807) is 0 Å². The first-order chi connectivity index (χ1) is 12.3. The van der Waals surface area contributed by atoms with Crippen LogP contribution in [0.5, 0.6) is 0 Å². The Hall–Kier alpha value is -2.04. The van der Waals surface area contributed by atoms with Gasteiger partial charge in [-0.25, -0.2) is 22.6 Å². The molecule has 1 aromatic carbocycles. The first-order valence-corrected chi connectivity index (χ1v) is 10.3. The number of nitrogens with zero attached hydrogens (tertiary/aromatic N) is 2. The van der Waals surface area contributed by atoms with Gasteiger partial charge in [0.15, 0.2) is 5.13 Å². The van der Waals surface area contributed by atoms with Crippen molar-refractivity contribution < 1.29 is 17.6 Å². The van der Waals surface area contributed by atoms with Gasteiger partial charge in [0.1, 0.15) is 5.82 Å². The van der Waals surface area contributed by atoms with Crippen LogP contribution in [0.15, 0.2) is 29.2 Å². The van der Waals surface area contributed by atoms with Crippen LogP contribution >= 0.6 is 11.3 Å². The van der Waals surface area contributed by atoms with Crippen LogP contribution in [0.3, 0.4) is 0 Å². The van der Waals surface area contributed by atoms with Gasteiger partial charge < -0.3 is 5.32 Å². The third kappa shape index (κ3) is 4.02. The molecule has 1 aliphatic heterocycles. The molecule has 1 aliphatic rings. The first-order valence-electron chi connectivity index (χ1n) is 8.07. The topological polar surface area (TPSA) is 91.4 Å². The number of thiazole rings is 1. The van der Waals surface area contributed by atoms with E-state index in [4.69, 9.17) is 0 Å². The number of rotatable bonds is 4. The second-order valence-corrected chi connectivity index (χ2v) is 9.21. The number of hydrogen-bond acceptors (Lipinski definition) is 5. The number of halogens is 1. The second-order valence-electron chi connectivity index (χ2n) is 6.18. The fraction of sp³-hybridized carbons (Fsp3) is 0.375. The number of aromatic nitrogens is 1. The smallest absolute Gasteiger partial charge is 0.321 e. The van der Waals surface area contributed by atoms with Crippen LogP contribution in [-0.2, 0) is 23.0 Å². The molecule has 2 heterocycles. The highest BCUT2D eigenvalue weighted by Gasteiger charge is 2.30. The van der Waals surface area contributed by atoms with Crippen molar-refractivity contribution in [2.24, 2.45) is 0 Å². The zero-order chi connectivity index (χ0) is 18.9. The zero-order valence-corrected chi connectivity index (χ0v) is 16.0. The Morgan fingerprint density at radius 3 is 2.65 bits per heavy atom. The summed E-state index contributed by atoms with van der Waals surface area (Å²) in [5.74, 6) is -0.484. The number of urea groups is 1. The fourth-order valence-corrected chi connectivity index (χ4v) is 5.09. The monoisotopic (exact) mass is 398 g/mol. The molecule has 0 atom stereocenters. The molecule has 3 rings (SSSR count). The van der Waals surface area contributed by atoms with Crippen LogP contribution < -0.4 is 10.6 Å². The number of nitrogens with one attached hydrogen (secondary N) is 2. The van der Waals surface area contributed by atoms with Crippen LogP contribution in [0, 0.1) is 5.82 Å². The number of sulfonamides is 1. The normalized spacial score (nSPS) is 14.9. The highest BCUT2D eigenvalue weighted by molar-refractivity contribution is 7.89. The fourth-order valence-electron chi connectivity index (χ4n) is 2.58. The number of carbonyl (C=O) groups is 1. The summed E-state index contributed by atoms with van der Waals surface area (Å²) in [4.78, 5) is 17.0. The Balaban J connectivity index is 1.75. The molecule has 10 heteroatoms. The van der Waals surface area contributed by atoms with Crippen LogP contribution in [0.2, 0.25) is 0 Å². The Kier molecular flexibility index (Phi) is 5.26. The van der Waals surface area contributed by atoms with Crippen molar-refractivity contribution in [1.82, 2.24) is 14.6 Å². The summed E-state index contributed by atoms with van der Waals surface area (Å²) in [6, 6.07) is 4.43. The third-order valence-corrected chi connectivity index (χ3v) is 6.65. The zero-order valence-electron chi connectivity index (χ0n) is 14.3. The third-order valence-electron chi connectivity index (χ3n) is 3.79. The molecule has 0 saturated carbocycles. The maximum absolute atomic E-state index is 13.0. The highest BCUT2D eigenvalue weighted by Crippen LogP contribution is 2.31. The minimum atomic E-state index is -3.71. The number of benzene rings is 1. The molecular weight excluding hydrogens is 379 g/mol. The molecule has 1 aromatic heterocycles. The van der Waals surface area contributed by atoms with Gasteiger partial charge in [-0.2, -0.15) is 4.31 Å². The van der Waals surface area contributed by atoms with E-state index < -0.39 is 15.8 Å². The molecule has 2 N–H and O–H groups in total. The van der Waals surface area contributed by atoms with E-state index in [1.165, 1.54) is 27.8 Å². The molecule has 0 bridgehead atoms. The lowest BCUT2D eigenvalue weighted by atomic mass is 10.2. The largest absolute Gasteiger partial charge is 0.336 e. The molecule has 2 aromatic rings. The van der Waals surface area contributed by atoms with E-state index in [9.17, 15) is 17.6 Å². The van der Waals surface area contributed by atoms with Gasteiger partial charge in [0.05, 0.1) is 17.1 Å². The second kappa shape index (κ2) is 7.29. The summed E-state index contributed by atoms with van der Waals surface area (Å²) < 4.78 is 39.8. The van der Waals surface area contributed by atoms with E-state index in [1.807, 2.05) is 13.8 Å². The maximum atomic E-state index is 13.0. The van der Waals surface area contributed by atoms with E-state index in [0.717, 1.165) is 22.7 Å². The summed E-state index contributed by atoms with van der Waals surface area (Å²) in [7, 11) is -3.71. The van der Waals surface area contributed by atoms with Crippen LogP contribution in [-0.4, -0.2) is 36.3 Å². The predicted octanol–water partition coefficient (Wildman–Crippen LogP) is 2.56. The molecule has 0 aliphatic carbocycles. The lowest BCUT2D eigenvalue weighted by Crippen LogP contribution is -2.35. The Morgan fingerprint density at radius 1 is 1.31 bits per heavy atom. The first kappa shape index (κ1) is 18.7. The Labute approximate surface area is 155 Å². The van der Waals surface area contributed by atoms with Crippen molar-refractivity contribution in [3.63, 3.8) is 0 Å². The quantitative estimate of drug-likeness (QED) is 0.828. The molecule has 2 amide bonds. The minimum absolute atomic E-state index is 0.000861. The average Bonchev–Trinajstić information content (AvgIpc) is 2.95. The predicted molar refractivity (Wildman–Crippen MR) is 97.1 cm³/mol. The van der Waals surface area contributed by atoms with Crippen molar-refractivity contribution >= 4 is 32.5 Å². The molecule has 0 spiro atoms. The van der Waals surface area contributed by atoms with Crippen LogP contribution in [0.4, 0.5) is 14.3 Å². The van der Waals surface area contributed by atoms with Gasteiger partial charge in [-0.15, -0.1) is 0 Å². The van der Waals surface area contributed by atoms with E-state index >= 15 is 0 Å². The lowest BCUT2D eigenvalue weighted by Gasteiger charge is -2.25. The highest BCUT2D eigenvalue weighted by atomic mass is 32.2. The van der Waals surface area contributed by atoms with Gasteiger partial charge in [-0.05, 0) is 38.1 Å². The summed E-state index contributed by atoms with van der Waals surface area (Å²) in [6.07, 6.45) is 0.458. The van der Waals surface area contributed by atoms with Crippen molar-refractivity contribution in [1.29, 1.82) is 0 Å². The molecule has 7 nitrogen and oxygen atoms in total. The maximum Gasteiger partial charge on any atom is 0.321 e. The van der Waals surface area contributed by atoms with E-state index in [2.05, 4.69) is 15.6 Å². The van der Waals surface area contributed by atoms with Gasteiger partial charge in [-0.1, -0.05) is 11.3 Å². The molecule has 0 fully saturated rings. The van der Waals surface area contributed by atoms with E-state index in [0.29, 0.717) is 11.6 Å². The summed E-state index contributed by atoms with van der Waals surface area (Å²) in [6.45, 7) is 4.17. The Morgan fingerprint density at radius 2 is 2.00 bits per heavy atom. The number of fused-ring (bicyclic) bond motifs is 1. The molecule has 140 valence electrons. The van der Waals surface area contributed by atoms with Gasteiger partial charge >= 0.3 is 6.03 Å². The van der Waals surface area contributed by atoms with Gasteiger partial charge in [0.2, 0.25) is 10.0 Å². The SMILES string of the molecule is CC(C)NC(=O)Nc1nc2c(s1)CN(S(=O)(=O)c1ccc(F)cc1)CC2. The molecular formula is C16H19FN4O3S2. The number of carbonyl (C=O) groups excluding carboxylic acids is 1. The van der Waals surface area contributed by atoms with Crippen LogP contribution in [0.1, 0.15) is 24.4 Å². The van der Waals surface area contributed by atoms with E-state index in [-0.39, 0.29) is 30.1 Å². The molecule has 0 unspecified atom stereocenters. The molecule has 0 radical (unpaired) electrons. The average molecular weight is 398 g/mol. The number of hydrogen-bond donors (Lipinski definition) is 2. The molecule has 0 saturated heterocycles. The van der Waals surface area contributed by atoms with Crippen LogP contribution in [0.25, 0.3) is 0 Å². The standard InChI is InChI=1S/C16H19FN4O3S2/c1-10(2)18-15(22)20-16-19-13-7-8-21(9-14(13)25-16)26(23,24)12-5-3-11(17)4-6-12/h3-6,10H,7-9H2,1-2H3,(H2,18,19,20,22). The summed E-state index contributed by atoms with van der Waals surface area (Å²) in [5.41, 5.74) is 0.792. The summed E-state index contributed by atoms with van der Waals surface area (Å²) >= 11 is 1.26. The van der Waals surface area contributed by atoms with Crippen molar-refractivity contribution in [2.45, 2.75) is 37.8 Å². The minimum Gasteiger partial charge on any atom is -0.336 e. The Bertz CT molecular complexity index is 910. The van der Waals surface area contributed by atoms with Gasteiger partial charge in [0.25, 0.3) is 0 Å².